The Kier molecular flexibility index (Phi) is 7.99. The molecule has 0 radical (unpaired) electrons. The predicted molar refractivity (Wildman–Crippen MR) is 153 cm³/mol. The van der Waals surface area contributed by atoms with Crippen molar-refractivity contribution >= 4 is 40.6 Å². The molecule has 2 N–H and O–H groups in total. The molecule has 1 amide bonds. The maximum atomic E-state index is 13.7. The zero-order valence-corrected chi connectivity index (χ0v) is 22.6. The van der Waals surface area contributed by atoms with Crippen molar-refractivity contribution in [1.82, 2.24) is 10.4 Å². The molecule has 0 aliphatic heterocycles. The number of fused-ring (bicyclic) bond motifs is 1. The van der Waals surface area contributed by atoms with Crippen LogP contribution in [0.1, 0.15) is 32.0 Å². The molecule has 5 aromatic rings. The molecule has 4 aromatic carbocycles. The molecule has 5 rings (SSSR count). The number of para-hydroxylation sites is 1. The van der Waals surface area contributed by atoms with Crippen LogP contribution in [0.2, 0.25) is 5.02 Å². The van der Waals surface area contributed by atoms with E-state index >= 15 is 0 Å². The van der Waals surface area contributed by atoms with Crippen molar-refractivity contribution < 1.29 is 32.2 Å². The van der Waals surface area contributed by atoms with Crippen LogP contribution < -0.4 is 14.9 Å². The lowest BCUT2D eigenvalue weighted by Crippen LogP contribution is -2.19. The van der Waals surface area contributed by atoms with Gasteiger partial charge in [-0.05, 0) is 47.5 Å². The molecule has 42 heavy (non-hydrogen) atoms. The van der Waals surface area contributed by atoms with Crippen molar-refractivity contribution in [2.24, 2.45) is 5.10 Å². The lowest BCUT2D eigenvalue weighted by atomic mass is 10.0. The number of alkyl halides is 3. The van der Waals surface area contributed by atoms with E-state index in [9.17, 15) is 22.8 Å². The number of nitrogens with zero attached hydrogens (tertiary/aromatic N) is 1. The van der Waals surface area contributed by atoms with Crippen molar-refractivity contribution in [3.8, 4) is 22.6 Å². The second kappa shape index (κ2) is 11.8. The number of esters is 1. The fraction of sp³-hybridized carbons (Fsp3) is 0.0645. The molecule has 0 atom stereocenters. The van der Waals surface area contributed by atoms with Gasteiger partial charge in [-0.2, -0.15) is 18.3 Å². The quantitative estimate of drug-likeness (QED) is 0.0887. The van der Waals surface area contributed by atoms with Crippen LogP contribution in [0, 0.1) is 0 Å². The molecule has 7 nitrogen and oxygen atoms in total. The molecule has 0 saturated carbocycles. The van der Waals surface area contributed by atoms with Crippen LogP contribution in [-0.4, -0.2) is 30.2 Å². The number of hydrazone groups is 1. The van der Waals surface area contributed by atoms with E-state index in [0.29, 0.717) is 16.7 Å². The number of carbonyl (C=O) groups is 2. The number of carbonyl (C=O) groups excluding carboxylic acids is 2. The van der Waals surface area contributed by atoms with E-state index in [-0.39, 0.29) is 38.7 Å². The maximum absolute atomic E-state index is 13.7. The molecule has 0 spiro atoms. The van der Waals surface area contributed by atoms with Gasteiger partial charge in [-0.15, -0.1) is 0 Å². The molecule has 1 aromatic heterocycles. The summed E-state index contributed by atoms with van der Waals surface area (Å²) in [5.41, 5.74) is 2.73. The highest BCUT2D eigenvalue weighted by molar-refractivity contribution is 6.33. The van der Waals surface area contributed by atoms with Gasteiger partial charge in [0, 0.05) is 10.9 Å². The minimum atomic E-state index is -4.63. The number of ether oxygens (including phenoxy) is 2. The topological polar surface area (TPSA) is 92.8 Å². The molecule has 11 heteroatoms. The number of rotatable bonds is 7. The minimum Gasteiger partial charge on any atom is -0.493 e. The molecule has 0 unspecified atom stereocenters. The molecular formula is C31H21ClF3N3O4. The highest BCUT2D eigenvalue weighted by atomic mass is 35.5. The fourth-order valence-corrected chi connectivity index (χ4v) is 4.59. The average molecular weight is 592 g/mol. The summed E-state index contributed by atoms with van der Waals surface area (Å²) in [5, 5.41) is 4.46. The Labute approximate surface area is 242 Å². The van der Waals surface area contributed by atoms with E-state index in [2.05, 4.69) is 15.5 Å². The average Bonchev–Trinajstić information content (AvgIpc) is 3.38. The summed E-state index contributed by atoms with van der Waals surface area (Å²) < 4.78 is 51.9. The van der Waals surface area contributed by atoms with E-state index < -0.39 is 23.6 Å². The third kappa shape index (κ3) is 5.84. The molecule has 0 aliphatic carbocycles. The van der Waals surface area contributed by atoms with Gasteiger partial charge in [-0.25, -0.2) is 10.2 Å². The van der Waals surface area contributed by atoms with E-state index in [0.717, 1.165) is 6.07 Å². The number of hydrogen-bond acceptors (Lipinski definition) is 5. The molecule has 0 bridgehead atoms. The van der Waals surface area contributed by atoms with Gasteiger partial charge in [0.15, 0.2) is 11.5 Å². The van der Waals surface area contributed by atoms with Crippen molar-refractivity contribution in [2.45, 2.75) is 6.18 Å². The van der Waals surface area contributed by atoms with Gasteiger partial charge >= 0.3 is 12.1 Å². The van der Waals surface area contributed by atoms with Gasteiger partial charge in [-0.3, -0.25) is 4.79 Å². The second-order valence-corrected chi connectivity index (χ2v) is 9.35. The Hall–Kier alpha value is -5.09. The van der Waals surface area contributed by atoms with Crippen molar-refractivity contribution in [1.29, 1.82) is 0 Å². The van der Waals surface area contributed by atoms with Gasteiger partial charge in [0.05, 0.1) is 35.0 Å². The lowest BCUT2D eigenvalue weighted by Gasteiger charge is -2.10. The predicted octanol–water partition coefficient (Wildman–Crippen LogP) is 7.50. The Morgan fingerprint density at radius 3 is 2.38 bits per heavy atom. The number of nitrogens with one attached hydrogen (secondary N) is 2. The monoisotopic (exact) mass is 591 g/mol. The maximum Gasteiger partial charge on any atom is 0.418 e. The molecule has 0 saturated heterocycles. The summed E-state index contributed by atoms with van der Waals surface area (Å²) in [6.45, 7) is 0. The summed E-state index contributed by atoms with van der Waals surface area (Å²) in [7, 11) is 1.39. The smallest absolute Gasteiger partial charge is 0.418 e. The second-order valence-electron chi connectivity index (χ2n) is 8.95. The molecular weight excluding hydrogens is 571 g/mol. The van der Waals surface area contributed by atoms with Crippen LogP contribution in [0.3, 0.4) is 0 Å². The Morgan fingerprint density at radius 1 is 0.929 bits per heavy atom. The highest BCUT2D eigenvalue weighted by Crippen LogP contribution is 2.39. The first kappa shape index (κ1) is 28.4. The SMILES string of the molecule is COc1cc(C=NNC(=O)c2[nH]c3c(C(F)(F)F)cccc3c2-c2ccccc2)ccc1OC(=O)c1ccccc1Cl. The highest BCUT2D eigenvalue weighted by Gasteiger charge is 2.34. The number of H-pyrrole nitrogens is 1. The summed E-state index contributed by atoms with van der Waals surface area (Å²) in [4.78, 5) is 28.4. The molecule has 212 valence electrons. The van der Waals surface area contributed by atoms with E-state index in [4.69, 9.17) is 21.1 Å². The largest absolute Gasteiger partial charge is 0.493 e. The number of methoxy groups -OCH3 is 1. The van der Waals surface area contributed by atoms with Gasteiger partial charge < -0.3 is 14.5 Å². The van der Waals surface area contributed by atoms with Crippen LogP contribution >= 0.6 is 11.6 Å². The van der Waals surface area contributed by atoms with Crippen LogP contribution in [0.15, 0.2) is 96.1 Å². The summed E-state index contributed by atoms with van der Waals surface area (Å²) in [6, 6.07) is 23.4. The normalized spacial score (nSPS) is 11.5. The molecule has 0 aliphatic rings. The zero-order chi connectivity index (χ0) is 29.9. The van der Waals surface area contributed by atoms with E-state index in [1.807, 2.05) is 0 Å². The van der Waals surface area contributed by atoms with Crippen molar-refractivity contribution in [3.63, 3.8) is 0 Å². The number of aromatic amines is 1. The third-order valence-corrected chi connectivity index (χ3v) is 6.62. The fourth-order valence-electron chi connectivity index (χ4n) is 4.38. The number of amides is 1. The number of halogens is 4. The van der Waals surface area contributed by atoms with Crippen molar-refractivity contribution in [3.05, 3.63) is 118 Å². The third-order valence-electron chi connectivity index (χ3n) is 6.29. The van der Waals surface area contributed by atoms with Crippen LogP contribution in [0.5, 0.6) is 11.5 Å². The minimum absolute atomic E-state index is 0.0792. The van der Waals surface area contributed by atoms with Crippen molar-refractivity contribution in [2.75, 3.05) is 7.11 Å². The van der Waals surface area contributed by atoms with E-state index in [1.165, 1.54) is 43.7 Å². The van der Waals surface area contributed by atoms with Crippen LogP contribution in [0.4, 0.5) is 13.2 Å². The van der Waals surface area contributed by atoms with Gasteiger partial charge in [-0.1, -0.05) is 66.2 Å². The zero-order valence-electron chi connectivity index (χ0n) is 21.8. The van der Waals surface area contributed by atoms with Gasteiger partial charge in [0.1, 0.15) is 5.69 Å². The lowest BCUT2D eigenvalue weighted by molar-refractivity contribution is -0.136. The Balaban J connectivity index is 1.40. The molecule has 1 heterocycles. The van der Waals surface area contributed by atoms with Gasteiger partial charge in [0.25, 0.3) is 5.91 Å². The van der Waals surface area contributed by atoms with Crippen LogP contribution in [-0.2, 0) is 6.18 Å². The summed E-state index contributed by atoms with van der Waals surface area (Å²) in [5.74, 6) is -1.07. The van der Waals surface area contributed by atoms with Crippen LogP contribution in [0.25, 0.3) is 22.0 Å². The first-order valence-electron chi connectivity index (χ1n) is 12.4. The Morgan fingerprint density at radius 2 is 1.67 bits per heavy atom. The summed E-state index contributed by atoms with van der Waals surface area (Å²) in [6.07, 6.45) is -3.32. The number of hydrogen-bond donors (Lipinski definition) is 2. The number of benzene rings is 4. The van der Waals surface area contributed by atoms with Gasteiger partial charge in [0.2, 0.25) is 0 Å². The molecule has 0 fully saturated rings. The number of aromatic nitrogens is 1. The first-order chi connectivity index (χ1) is 20.2. The Bertz CT molecular complexity index is 1820. The first-order valence-corrected chi connectivity index (χ1v) is 12.8. The standard InChI is InChI=1S/C31H21ClF3N3O4/c1-41-25-16-18(14-15-24(25)42-30(40)20-10-5-6-13-23(20)32)17-36-38-29(39)28-26(19-8-3-2-4-9-19)21-11-7-12-22(27(21)37-28)31(33,34)35/h2-17,37H,1H3,(H,38,39). The van der Waals surface area contributed by atoms with E-state index in [1.54, 1.807) is 54.6 Å². The summed E-state index contributed by atoms with van der Waals surface area (Å²) >= 11 is 6.07.